The summed E-state index contributed by atoms with van der Waals surface area (Å²) in [5.41, 5.74) is 1.51. The van der Waals surface area contributed by atoms with E-state index in [2.05, 4.69) is 47.4 Å². The number of hydrogen-bond donors (Lipinski definition) is 0. The third-order valence-electron chi connectivity index (χ3n) is 5.00. The van der Waals surface area contributed by atoms with Crippen LogP contribution in [0.5, 0.6) is 0 Å². The fourth-order valence-electron chi connectivity index (χ4n) is 3.87. The molecule has 1 saturated heterocycles. The van der Waals surface area contributed by atoms with Gasteiger partial charge in [-0.25, -0.2) is 0 Å². The van der Waals surface area contributed by atoms with Gasteiger partial charge in [0.05, 0.1) is 0 Å². The Bertz CT molecular complexity index is 417. The molecule has 1 fully saturated rings. The van der Waals surface area contributed by atoms with Crippen LogP contribution in [0.15, 0.2) is 42.5 Å². The Balaban J connectivity index is 1.73. The smallest absolute Gasteiger partial charge is 0.0167 e. The molecule has 1 aliphatic carbocycles. The molecule has 2 atom stereocenters. The van der Waals surface area contributed by atoms with Crippen LogP contribution in [-0.2, 0) is 6.42 Å². The first-order valence-corrected chi connectivity index (χ1v) is 8.36. The van der Waals surface area contributed by atoms with Gasteiger partial charge in [-0.05, 0) is 63.1 Å². The van der Waals surface area contributed by atoms with Crippen molar-refractivity contribution >= 4 is 0 Å². The van der Waals surface area contributed by atoms with E-state index >= 15 is 0 Å². The summed E-state index contributed by atoms with van der Waals surface area (Å²) in [7, 11) is 0. The Morgan fingerprint density at radius 2 is 1.80 bits per heavy atom. The molecule has 0 N–H and O–H groups in total. The molecular formula is C19H27N. The Kier molecular flexibility index (Phi) is 4.91. The second-order valence-corrected chi connectivity index (χ2v) is 6.40. The van der Waals surface area contributed by atoms with Gasteiger partial charge in [0.2, 0.25) is 0 Å². The number of hydrogen-bond acceptors (Lipinski definition) is 1. The fraction of sp³-hybridized carbons (Fsp3) is 0.579. The van der Waals surface area contributed by atoms with Crippen molar-refractivity contribution in [2.24, 2.45) is 5.92 Å². The van der Waals surface area contributed by atoms with Crippen molar-refractivity contribution in [2.45, 2.75) is 51.0 Å². The molecule has 1 aromatic carbocycles. The van der Waals surface area contributed by atoms with E-state index in [0.717, 1.165) is 12.0 Å². The lowest BCUT2D eigenvalue weighted by molar-refractivity contribution is 0.110. The van der Waals surface area contributed by atoms with Gasteiger partial charge in [-0.1, -0.05) is 48.9 Å². The monoisotopic (exact) mass is 269 g/mol. The second kappa shape index (κ2) is 7.08. The molecule has 108 valence electrons. The average Bonchev–Trinajstić information content (AvgIpc) is 2.55. The summed E-state index contributed by atoms with van der Waals surface area (Å²) in [5, 5.41) is 0. The highest BCUT2D eigenvalue weighted by Gasteiger charge is 2.28. The summed E-state index contributed by atoms with van der Waals surface area (Å²) in [6.07, 6.45) is 14.2. The molecule has 1 heteroatoms. The van der Waals surface area contributed by atoms with Crippen molar-refractivity contribution in [3.63, 3.8) is 0 Å². The predicted octanol–water partition coefficient (Wildman–Crippen LogP) is 4.44. The highest BCUT2D eigenvalue weighted by molar-refractivity contribution is 5.16. The quantitative estimate of drug-likeness (QED) is 0.730. The van der Waals surface area contributed by atoms with Gasteiger partial charge in [-0.2, -0.15) is 0 Å². The first kappa shape index (κ1) is 13.9. The molecule has 0 spiro atoms. The van der Waals surface area contributed by atoms with Crippen LogP contribution in [0.2, 0.25) is 0 Å². The molecule has 0 radical (unpaired) electrons. The number of nitrogens with zero attached hydrogens (tertiary/aromatic N) is 1. The summed E-state index contributed by atoms with van der Waals surface area (Å²) >= 11 is 0. The molecule has 1 aliphatic heterocycles. The van der Waals surface area contributed by atoms with E-state index in [1.807, 2.05) is 0 Å². The van der Waals surface area contributed by atoms with Gasteiger partial charge < -0.3 is 0 Å². The van der Waals surface area contributed by atoms with E-state index in [0.29, 0.717) is 0 Å². The van der Waals surface area contributed by atoms with E-state index in [9.17, 15) is 0 Å². The zero-order valence-electron chi connectivity index (χ0n) is 12.5. The lowest BCUT2D eigenvalue weighted by Gasteiger charge is -2.40. The van der Waals surface area contributed by atoms with Crippen molar-refractivity contribution in [3.8, 4) is 0 Å². The van der Waals surface area contributed by atoms with Crippen molar-refractivity contribution in [3.05, 3.63) is 48.0 Å². The number of allylic oxidation sites excluding steroid dienone is 2. The van der Waals surface area contributed by atoms with Crippen molar-refractivity contribution in [2.75, 3.05) is 13.1 Å². The minimum Gasteiger partial charge on any atom is -0.300 e. The normalized spacial score (nSPS) is 25.5. The average molecular weight is 269 g/mol. The summed E-state index contributed by atoms with van der Waals surface area (Å²) in [6, 6.07) is 11.9. The third-order valence-corrected chi connectivity index (χ3v) is 5.00. The van der Waals surface area contributed by atoms with E-state index in [-0.39, 0.29) is 0 Å². The zero-order chi connectivity index (χ0) is 13.6. The molecule has 20 heavy (non-hydrogen) atoms. The molecule has 1 aromatic rings. The molecule has 1 nitrogen and oxygen atoms in total. The standard InChI is InChI=1S/C19H27N/c1-4-10-17(11-5-1)16-19(18-12-6-2-7-13-18)20-14-8-3-9-15-20/h1-2,4-6,10-11,18-19H,3,7-9,12-16H2/t18-,19+/m0/s1. The Morgan fingerprint density at radius 1 is 1.00 bits per heavy atom. The molecule has 2 aliphatic rings. The Morgan fingerprint density at radius 3 is 2.50 bits per heavy atom. The van der Waals surface area contributed by atoms with Crippen LogP contribution < -0.4 is 0 Å². The number of rotatable bonds is 4. The molecule has 0 saturated carbocycles. The van der Waals surface area contributed by atoms with Crippen molar-refractivity contribution in [1.82, 2.24) is 4.90 Å². The predicted molar refractivity (Wildman–Crippen MR) is 85.8 cm³/mol. The number of piperidine rings is 1. The van der Waals surface area contributed by atoms with E-state index in [1.165, 1.54) is 63.6 Å². The van der Waals surface area contributed by atoms with Crippen LogP contribution in [0.1, 0.15) is 44.1 Å². The van der Waals surface area contributed by atoms with Crippen LogP contribution in [-0.4, -0.2) is 24.0 Å². The highest BCUT2D eigenvalue weighted by Crippen LogP contribution is 2.29. The first-order chi connectivity index (χ1) is 9.93. The number of benzene rings is 1. The molecule has 0 amide bonds. The van der Waals surface area contributed by atoms with Crippen molar-refractivity contribution < 1.29 is 0 Å². The van der Waals surface area contributed by atoms with Crippen LogP contribution in [0.3, 0.4) is 0 Å². The Labute approximate surface area is 123 Å². The van der Waals surface area contributed by atoms with Crippen molar-refractivity contribution in [1.29, 1.82) is 0 Å². The lowest BCUT2D eigenvalue weighted by atomic mass is 9.83. The molecule has 0 aromatic heterocycles. The maximum Gasteiger partial charge on any atom is 0.0167 e. The van der Waals surface area contributed by atoms with Gasteiger partial charge in [-0.15, -0.1) is 0 Å². The van der Waals surface area contributed by atoms with Gasteiger partial charge >= 0.3 is 0 Å². The van der Waals surface area contributed by atoms with Crippen LogP contribution >= 0.6 is 0 Å². The first-order valence-electron chi connectivity index (χ1n) is 8.36. The second-order valence-electron chi connectivity index (χ2n) is 6.40. The zero-order valence-corrected chi connectivity index (χ0v) is 12.5. The number of likely N-dealkylation sites (tertiary alicyclic amines) is 1. The van der Waals surface area contributed by atoms with Gasteiger partial charge in [0.1, 0.15) is 0 Å². The summed E-state index contributed by atoms with van der Waals surface area (Å²) in [5.74, 6) is 0.860. The van der Waals surface area contributed by atoms with E-state index in [1.54, 1.807) is 0 Å². The maximum absolute atomic E-state index is 2.79. The minimum atomic E-state index is 0.752. The molecule has 3 rings (SSSR count). The van der Waals surface area contributed by atoms with Gasteiger partial charge in [0.15, 0.2) is 0 Å². The van der Waals surface area contributed by atoms with E-state index in [4.69, 9.17) is 0 Å². The summed E-state index contributed by atoms with van der Waals surface area (Å²) < 4.78 is 0. The summed E-state index contributed by atoms with van der Waals surface area (Å²) in [6.45, 7) is 2.63. The third kappa shape index (κ3) is 3.52. The maximum atomic E-state index is 2.79. The molecule has 0 unspecified atom stereocenters. The fourth-order valence-corrected chi connectivity index (χ4v) is 3.87. The van der Waals surface area contributed by atoms with Gasteiger partial charge in [0.25, 0.3) is 0 Å². The largest absolute Gasteiger partial charge is 0.300 e. The molecular weight excluding hydrogens is 242 g/mol. The van der Waals surface area contributed by atoms with Crippen LogP contribution in [0, 0.1) is 5.92 Å². The SMILES string of the molecule is C1=CC[C@H]([C@@H](Cc2ccccc2)N2CCCCC2)CC1. The minimum absolute atomic E-state index is 0.752. The molecule has 0 bridgehead atoms. The van der Waals surface area contributed by atoms with Crippen LogP contribution in [0.4, 0.5) is 0 Å². The van der Waals surface area contributed by atoms with E-state index < -0.39 is 0 Å². The Hall–Kier alpha value is -1.08. The highest BCUT2D eigenvalue weighted by atomic mass is 15.2. The van der Waals surface area contributed by atoms with Crippen LogP contribution in [0.25, 0.3) is 0 Å². The summed E-state index contributed by atoms with van der Waals surface area (Å²) in [4.78, 5) is 2.79. The topological polar surface area (TPSA) is 3.24 Å². The molecule has 1 heterocycles. The van der Waals surface area contributed by atoms with Gasteiger partial charge in [-0.3, -0.25) is 4.90 Å². The lowest BCUT2D eigenvalue weighted by Crippen LogP contribution is -2.45. The van der Waals surface area contributed by atoms with Gasteiger partial charge in [0, 0.05) is 6.04 Å².